The quantitative estimate of drug-likeness (QED) is 0.559. The zero-order valence-corrected chi connectivity index (χ0v) is 17.6. The number of aromatic nitrogens is 2. The van der Waals surface area contributed by atoms with Gasteiger partial charge in [-0.15, -0.1) is 0 Å². The number of carbonyl (C=O) groups excluding carboxylic acids is 2. The first kappa shape index (κ1) is 19.3. The Morgan fingerprint density at radius 2 is 1.97 bits per heavy atom. The summed E-state index contributed by atoms with van der Waals surface area (Å²) in [6, 6.07) is 9.22. The van der Waals surface area contributed by atoms with E-state index in [0.717, 1.165) is 17.7 Å². The van der Waals surface area contributed by atoms with Gasteiger partial charge in [-0.2, -0.15) is 5.10 Å². The fraction of sp³-hybridized carbons (Fsp3) is 0.417. The molecule has 0 fully saturated rings. The Morgan fingerprint density at radius 3 is 2.59 bits per heavy atom. The summed E-state index contributed by atoms with van der Waals surface area (Å²) in [6.07, 6.45) is 3.28. The predicted molar refractivity (Wildman–Crippen MR) is 112 cm³/mol. The van der Waals surface area contributed by atoms with Crippen molar-refractivity contribution in [2.24, 2.45) is 18.4 Å². The smallest absolute Gasteiger partial charge is 0.226 e. The molecule has 2 aliphatic rings. The number of ketones is 2. The number of rotatable bonds is 2. The van der Waals surface area contributed by atoms with E-state index in [1.165, 1.54) is 7.40 Å². The van der Waals surface area contributed by atoms with E-state index in [1.807, 2.05) is 44.2 Å². The van der Waals surface area contributed by atoms with Crippen molar-refractivity contribution in [3.8, 4) is 0 Å². The zero-order valence-electron chi connectivity index (χ0n) is 18.6. The van der Waals surface area contributed by atoms with Gasteiger partial charge in [0, 0.05) is 30.4 Å². The molecule has 1 heterocycles. The van der Waals surface area contributed by atoms with Gasteiger partial charge in [-0.1, -0.05) is 64.6 Å². The molecule has 0 radical (unpaired) electrons. The number of hydrogen-bond donors (Lipinski definition) is 0. The molecule has 4 rings (SSSR count). The Morgan fingerprint density at radius 1 is 1.31 bits per heavy atom. The van der Waals surface area contributed by atoms with Gasteiger partial charge in [-0.05, 0) is 18.8 Å². The van der Waals surface area contributed by atoms with Crippen LogP contribution in [0.4, 0.5) is 0 Å². The Hall–Kier alpha value is -3.00. The fourth-order valence-electron chi connectivity index (χ4n) is 5.20. The van der Waals surface area contributed by atoms with Crippen molar-refractivity contribution >= 4 is 11.6 Å². The van der Waals surface area contributed by atoms with Crippen LogP contribution in [0.3, 0.4) is 0 Å². The number of fused-ring (bicyclic) bond motifs is 3. The van der Waals surface area contributed by atoms with Crippen molar-refractivity contribution in [3.63, 3.8) is 0 Å². The molecule has 0 unspecified atom stereocenters. The molecule has 2 aromatic rings. The summed E-state index contributed by atoms with van der Waals surface area (Å²) in [5, 5.41) is 4.75. The molecule has 2 atom stereocenters. The number of Topliss-reactive ketones (excluding diaryl/α,β-unsaturated/α-hetero) is 1. The summed E-state index contributed by atoms with van der Waals surface area (Å²) in [5.41, 5.74) is 2.01. The lowest BCUT2D eigenvalue weighted by molar-refractivity contribution is -0.128. The van der Waals surface area contributed by atoms with Crippen molar-refractivity contribution in [3.05, 3.63) is 76.0 Å². The van der Waals surface area contributed by atoms with Gasteiger partial charge < -0.3 is 4.79 Å². The third-order valence-corrected chi connectivity index (χ3v) is 6.56. The van der Waals surface area contributed by atoms with E-state index in [2.05, 4.69) is 11.8 Å². The first-order chi connectivity index (χ1) is 14.2. The molecule has 0 N–H and O–H groups in total. The third kappa shape index (κ3) is 2.78. The molecule has 1 aromatic carbocycles. The van der Waals surface area contributed by atoms with E-state index >= 15 is 0 Å². The fourth-order valence-corrected chi connectivity index (χ4v) is 5.20. The molecule has 0 saturated carbocycles. The maximum absolute atomic E-state index is 13.2. The van der Waals surface area contributed by atoms with Crippen LogP contribution in [-0.2, 0) is 23.7 Å². The third-order valence-electron chi connectivity index (χ3n) is 6.56. The summed E-state index contributed by atoms with van der Waals surface area (Å²) in [7, 11) is 3.05. The minimum absolute atomic E-state index is 0.0417. The zero-order chi connectivity index (χ0) is 22.3. The molecule has 0 saturated heterocycles. The largest absolute Gasteiger partial charge is 0.307 e. The van der Waals surface area contributed by atoms with Gasteiger partial charge in [-0.3, -0.25) is 9.48 Å². The Balaban J connectivity index is 0.00000124. The summed E-state index contributed by atoms with van der Waals surface area (Å²) in [4.78, 5) is 29.5. The van der Waals surface area contributed by atoms with Crippen LogP contribution >= 0.6 is 0 Å². The maximum atomic E-state index is 13.2. The van der Waals surface area contributed by atoms with Crippen LogP contribution in [0, 0.1) is 17.9 Å². The van der Waals surface area contributed by atoms with Crippen molar-refractivity contribution in [1.82, 2.24) is 9.78 Å². The molecule has 5 heteroatoms. The van der Waals surface area contributed by atoms with E-state index in [9.17, 15) is 9.59 Å². The van der Waals surface area contributed by atoms with Crippen molar-refractivity contribution in [2.45, 2.75) is 46.4 Å². The minimum Gasteiger partial charge on any atom is -0.307 e. The van der Waals surface area contributed by atoms with Crippen LogP contribution < -0.4 is 0 Å². The van der Waals surface area contributed by atoms with E-state index < -0.39 is 10.8 Å². The Bertz CT molecular complexity index is 1080. The van der Waals surface area contributed by atoms with Gasteiger partial charge in [0.15, 0.2) is 5.78 Å². The van der Waals surface area contributed by atoms with Crippen LogP contribution in [0.1, 0.15) is 63.3 Å². The average molecular weight is 392 g/mol. The van der Waals surface area contributed by atoms with E-state index in [4.69, 9.17) is 13.0 Å². The summed E-state index contributed by atoms with van der Waals surface area (Å²) in [5.74, 6) is -0.0931. The Kier molecular flexibility index (Phi) is 4.53. The lowest BCUT2D eigenvalue weighted by Gasteiger charge is -2.49. The Labute approximate surface area is 173 Å². The summed E-state index contributed by atoms with van der Waals surface area (Å²) in [6.45, 7) is 13.4. The number of nitrogens with zero attached hydrogens (tertiary/aromatic N) is 3. The predicted octanol–water partition coefficient (Wildman–Crippen LogP) is 4.52. The first-order valence-corrected chi connectivity index (χ1v) is 9.53. The molecule has 0 spiro atoms. The molecular formula is C24H27N3O2. The van der Waals surface area contributed by atoms with E-state index in [1.54, 1.807) is 17.8 Å². The SMILES string of the molecule is [3H]C.[C-]#[N+]C1=C[C@]2(C)c3nn(C)c(C(=O)c4ccccc4)c3CC[C@H]2C(C)(C)C1=O. The standard InChI is InChI=1S/C23H23N3O2.CH4/c1-22(2)17-12-11-15-18(19(27)14-9-7-6-8-10-14)26(5)25-20(15)23(17,3)13-16(24-4)21(22)28;/h6-10,13,17H,11-12H2,1-3,5H3;1H4/t17-,23-;/m0./s1/i;1T. The van der Waals surface area contributed by atoms with Crippen LogP contribution in [0.2, 0.25) is 0 Å². The summed E-state index contributed by atoms with van der Waals surface area (Å²) < 4.78 is 7.42. The van der Waals surface area contributed by atoms with Gasteiger partial charge >= 0.3 is 0 Å². The molecule has 5 nitrogen and oxygen atoms in total. The van der Waals surface area contributed by atoms with Crippen LogP contribution in [0.15, 0.2) is 42.1 Å². The van der Waals surface area contributed by atoms with E-state index in [-0.39, 0.29) is 23.2 Å². The lowest BCUT2D eigenvalue weighted by Crippen LogP contribution is -2.51. The van der Waals surface area contributed by atoms with Crippen molar-refractivity contribution in [2.75, 3.05) is 0 Å². The van der Waals surface area contributed by atoms with Crippen LogP contribution in [0.5, 0.6) is 0 Å². The number of aryl methyl sites for hydroxylation is 1. The molecule has 2 aliphatic carbocycles. The van der Waals surface area contributed by atoms with Crippen molar-refractivity contribution < 1.29 is 11.0 Å². The topological polar surface area (TPSA) is 56.3 Å². The highest BCUT2D eigenvalue weighted by molar-refractivity contribution is 6.09. The number of benzene rings is 1. The van der Waals surface area contributed by atoms with E-state index in [0.29, 0.717) is 17.7 Å². The molecule has 0 bridgehead atoms. The van der Waals surface area contributed by atoms with Gasteiger partial charge in [0.25, 0.3) is 0 Å². The van der Waals surface area contributed by atoms with Crippen LogP contribution in [-0.4, -0.2) is 21.3 Å². The summed E-state index contributed by atoms with van der Waals surface area (Å²) >= 11 is 0. The minimum atomic E-state index is -0.637. The highest BCUT2D eigenvalue weighted by atomic mass is 16.1. The van der Waals surface area contributed by atoms with Gasteiger partial charge in [-0.25, -0.2) is 4.85 Å². The highest BCUT2D eigenvalue weighted by Gasteiger charge is 2.55. The molecule has 0 amide bonds. The number of allylic oxidation sites excluding steroid dienone is 2. The van der Waals surface area contributed by atoms with Crippen molar-refractivity contribution in [1.29, 1.82) is 0 Å². The first-order valence-electron chi connectivity index (χ1n) is 10.5. The van der Waals surface area contributed by atoms with Gasteiger partial charge in [0.05, 0.1) is 12.3 Å². The number of carbonyl (C=O) groups is 2. The second-order valence-electron chi connectivity index (χ2n) is 8.56. The second-order valence-corrected chi connectivity index (χ2v) is 8.56. The van der Waals surface area contributed by atoms with Gasteiger partial charge in [0.1, 0.15) is 5.69 Å². The second kappa shape index (κ2) is 6.81. The molecule has 0 aliphatic heterocycles. The average Bonchev–Trinajstić information content (AvgIpc) is 3.09. The normalized spacial score (nSPS) is 24.7. The van der Waals surface area contributed by atoms with Gasteiger partial charge in [0.2, 0.25) is 11.5 Å². The van der Waals surface area contributed by atoms with Crippen LogP contribution in [0.25, 0.3) is 4.85 Å². The highest BCUT2D eigenvalue weighted by Crippen LogP contribution is 2.54. The molecule has 150 valence electrons. The molecule has 29 heavy (non-hydrogen) atoms. The maximum Gasteiger partial charge on any atom is 0.226 e. The lowest BCUT2D eigenvalue weighted by atomic mass is 9.53. The molecular weight excluding hydrogens is 362 g/mol. The number of hydrogen-bond acceptors (Lipinski definition) is 3. The molecule has 1 aromatic heterocycles. The monoisotopic (exact) mass is 391 g/mol.